The number of carbonyl (C=O) groups is 1. The number of fused-ring (bicyclic) bond motifs is 1. The number of hydrogen-bond donors (Lipinski definition) is 0. The van der Waals surface area contributed by atoms with Crippen LogP contribution in [0, 0.1) is 0 Å². The molecule has 4 heteroatoms. The standard InChI is InChI=1S/C9H9N3O/c1-6(13)8-9-7(12(2)11-8)4-3-5-10-9/h3-5H,1-2H3. The van der Waals surface area contributed by atoms with Gasteiger partial charge >= 0.3 is 0 Å². The molecule has 0 amide bonds. The van der Waals surface area contributed by atoms with E-state index in [1.807, 2.05) is 12.1 Å². The Bertz CT molecular complexity index is 473. The zero-order valence-electron chi connectivity index (χ0n) is 7.48. The number of pyridine rings is 1. The second-order valence-corrected chi connectivity index (χ2v) is 2.90. The molecule has 0 aromatic carbocycles. The van der Waals surface area contributed by atoms with E-state index in [1.165, 1.54) is 6.92 Å². The van der Waals surface area contributed by atoms with Crippen molar-refractivity contribution in [2.24, 2.45) is 7.05 Å². The van der Waals surface area contributed by atoms with Crippen molar-refractivity contribution >= 4 is 16.8 Å². The van der Waals surface area contributed by atoms with E-state index in [2.05, 4.69) is 10.1 Å². The third kappa shape index (κ3) is 1.11. The first-order valence-corrected chi connectivity index (χ1v) is 3.99. The molecule has 0 bridgehead atoms. The zero-order valence-corrected chi connectivity index (χ0v) is 7.48. The van der Waals surface area contributed by atoms with Crippen LogP contribution in [0.25, 0.3) is 11.0 Å². The molecule has 0 N–H and O–H groups in total. The number of aryl methyl sites for hydroxylation is 1. The number of nitrogens with zero attached hydrogens (tertiary/aromatic N) is 3. The number of Topliss-reactive ketones (excluding diaryl/α,β-unsaturated/α-hetero) is 1. The van der Waals surface area contributed by atoms with Crippen molar-refractivity contribution in [3.8, 4) is 0 Å². The summed E-state index contributed by atoms with van der Waals surface area (Å²) >= 11 is 0. The van der Waals surface area contributed by atoms with Gasteiger partial charge in [0.2, 0.25) is 0 Å². The Morgan fingerprint density at radius 3 is 3.00 bits per heavy atom. The predicted molar refractivity (Wildman–Crippen MR) is 48.5 cm³/mol. The molecule has 66 valence electrons. The second-order valence-electron chi connectivity index (χ2n) is 2.90. The van der Waals surface area contributed by atoms with E-state index in [0.717, 1.165) is 5.52 Å². The minimum absolute atomic E-state index is 0.0516. The van der Waals surface area contributed by atoms with Crippen LogP contribution in [0.5, 0.6) is 0 Å². The first-order valence-electron chi connectivity index (χ1n) is 3.99. The summed E-state index contributed by atoms with van der Waals surface area (Å²) in [7, 11) is 1.80. The molecule has 13 heavy (non-hydrogen) atoms. The van der Waals surface area contributed by atoms with Gasteiger partial charge in [0.1, 0.15) is 5.52 Å². The molecule has 4 nitrogen and oxygen atoms in total. The highest BCUT2D eigenvalue weighted by Gasteiger charge is 2.12. The summed E-state index contributed by atoms with van der Waals surface area (Å²) in [6.07, 6.45) is 1.66. The maximum Gasteiger partial charge on any atom is 0.182 e. The molecule has 2 heterocycles. The van der Waals surface area contributed by atoms with Crippen LogP contribution < -0.4 is 0 Å². The lowest BCUT2D eigenvalue weighted by atomic mass is 10.2. The van der Waals surface area contributed by atoms with Crippen molar-refractivity contribution in [2.75, 3.05) is 0 Å². The van der Waals surface area contributed by atoms with Crippen molar-refractivity contribution < 1.29 is 4.79 Å². The number of carbonyl (C=O) groups excluding carboxylic acids is 1. The highest BCUT2D eigenvalue weighted by atomic mass is 16.1. The molecule has 0 radical (unpaired) electrons. The van der Waals surface area contributed by atoms with Gasteiger partial charge in [-0.3, -0.25) is 14.5 Å². The van der Waals surface area contributed by atoms with Crippen LogP contribution in [0.3, 0.4) is 0 Å². The topological polar surface area (TPSA) is 47.8 Å². The number of rotatable bonds is 1. The summed E-state index contributed by atoms with van der Waals surface area (Å²) < 4.78 is 1.67. The van der Waals surface area contributed by atoms with Crippen LogP contribution in [-0.4, -0.2) is 20.5 Å². The fraction of sp³-hybridized carbons (Fsp3) is 0.222. The first kappa shape index (κ1) is 7.91. The molecule has 0 saturated heterocycles. The van der Waals surface area contributed by atoms with Gasteiger partial charge in [-0.05, 0) is 12.1 Å². The van der Waals surface area contributed by atoms with E-state index < -0.39 is 0 Å². The second kappa shape index (κ2) is 2.65. The Morgan fingerprint density at radius 1 is 1.54 bits per heavy atom. The summed E-state index contributed by atoms with van der Waals surface area (Å²) in [4.78, 5) is 15.3. The third-order valence-corrected chi connectivity index (χ3v) is 1.94. The molecule has 0 aliphatic rings. The van der Waals surface area contributed by atoms with Crippen LogP contribution in [-0.2, 0) is 7.05 Å². The summed E-state index contributed by atoms with van der Waals surface area (Å²) in [5.41, 5.74) is 2.00. The Hall–Kier alpha value is -1.71. The molecular formula is C9H9N3O. The number of ketones is 1. The fourth-order valence-electron chi connectivity index (χ4n) is 1.33. The molecule has 0 aliphatic carbocycles. The molecule has 0 spiro atoms. The molecule has 0 aliphatic heterocycles. The van der Waals surface area contributed by atoms with Crippen LogP contribution in [0.15, 0.2) is 18.3 Å². The van der Waals surface area contributed by atoms with E-state index in [9.17, 15) is 4.79 Å². The van der Waals surface area contributed by atoms with Gasteiger partial charge in [0, 0.05) is 20.2 Å². The van der Waals surface area contributed by atoms with Gasteiger partial charge in [0.05, 0.1) is 5.52 Å². The van der Waals surface area contributed by atoms with E-state index in [0.29, 0.717) is 11.2 Å². The number of aromatic nitrogens is 3. The SMILES string of the molecule is CC(=O)c1nn(C)c2cccnc12. The maximum atomic E-state index is 11.2. The van der Waals surface area contributed by atoms with Gasteiger partial charge in [0.15, 0.2) is 11.5 Å². The third-order valence-electron chi connectivity index (χ3n) is 1.94. The Kier molecular flexibility index (Phi) is 1.62. The normalized spacial score (nSPS) is 10.6. The molecule has 2 aromatic heterocycles. The minimum atomic E-state index is -0.0516. The average Bonchev–Trinajstić information content (AvgIpc) is 2.45. The molecule has 0 fully saturated rings. The quantitative estimate of drug-likeness (QED) is 0.611. The largest absolute Gasteiger partial charge is 0.293 e. The van der Waals surface area contributed by atoms with E-state index >= 15 is 0 Å². The Morgan fingerprint density at radius 2 is 2.31 bits per heavy atom. The molecular weight excluding hydrogens is 166 g/mol. The zero-order chi connectivity index (χ0) is 9.42. The smallest absolute Gasteiger partial charge is 0.182 e. The summed E-state index contributed by atoms with van der Waals surface area (Å²) in [5, 5.41) is 4.09. The van der Waals surface area contributed by atoms with Crippen LogP contribution in [0.2, 0.25) is 0 Å². The predicted octanol–water partition coefficient (Wildman–Crippen LogP) is 1.17. The van der Waals surface area contributed by atoms with Crippen LogP contribution in [0.4, 0.5) is 0 Å². The van der Waals surface area contributed by atoms with E-state index in [-0.39, 0.29) is 5.78 Å². The van der Waals surface area contributed by atoms with Crippen molar-refractivity contribution in [3.63, 3.8) is 0 Å². The summed E-state index contributed by atoms with van der Waals surface area (Å²) in [6, 6.07) is 3.72. The molecule has 0 atom stereocenters. The highest BCUT2D eigenvalue weighted by molar-refractivity contribution is 6.03. The van der Waals surface area contributed by atoms with Crippen molar-refractivity contribution in [3.05, 3.63) is 24.0 Å². The van der Waals surface area contributed by atoms with Gasteiger partial charge in [-0.15, -0.1) is 0 Å². The lowest BCUT2D eigenvalue weighted by Crippen LogP contribution is -1.96. The average molecular weight is 175 g/mol. The Labute approximate surface area is 75.2 Å². The fourth-order valence-corrected chi connectivity index (χ4v) is 1.33. The highest BCUT2D eigenvalue weighted by Crippen LogP contribution is 2.14. The van der Waals surface area contributed by atoms with Gasteiger partial charge < -0.3 is 0 Å². The molecule has 0 unspecified atom stereocenters. The van der Waals surface area contributed by atoms with Gasteiger partial charge in [-0.25, -0.2) is 0 Å². The van der Waals surface area contributed by atoms with Crippen LogP contribution >= 0.6 is 0 Å². The summed E-state index contributed by atoms with van der Waals surface area (Å²) in [6.45, 7) is 1.50. The molecule has 2 rings (SSSR count). The van der Waals surface area contributed by atoms with Crippen LogP contribution in [0.1, 0.15) is 17.4 Å². The molecule has 2 aromatic rings. The van der Waals surface area contributed by atoms with Gasteiger partial charge in [-0.2, -0.15) is 5.10 Å². The minimum Gasteiger partial charge on any atom is -0.293 e. The molecule has 0 saturated carbocycles. The van der Waals surface area contributed by atoms with Crippen molar-refractivity contribution in [1.82, 2.24) is 14.8 Å². The van der Waals surface area contributed by atoms with Crippen molar-refractivity contribution in [2.45, 2.75) is 6.92 Å². The van der Waals surface area contributed by atoms with Gasteiger partial charge in [-0.1, -0.05) is 0 Å². The van der Waals surface area contributed by atoms with E-state index in [1.54, 1.807) is 17.9 Å². The number of hydrogen-bond acceptors (Lipinski definition) is 3. The van der Waals surface area contributed by atoms with Crippen molar-refractivity contribution in [1.29, 1.82) is 0 Å². The Balaban J connectivity index is 2.85. The monoisotopic (exact) mass is 175 g/mol. The van der Waals surface area contributed by atoms with Gasteiger partial charge in [0.25, 0.3) is 0 Å². The maximum absolute atomic E-state index is 11.2. The van der Waals surface area contributed by atoms with E-state index in [4.69, 9.17) is 0 Å². The summed E-state index contributed by atoms with van der Waals surface area (Å²) in [5.74, 6) is -0.0516. The lowest BCUT2D eigenvalue weighted by Gasteiger charge is -1.89. The lowest BCUT2D eigenvalue weighted by molar-refractivity contribution is 0.101. The first-order chi connectivity index (χ1) is 6.20.